The van der Waals surface area contributed by atoms with E-state index in [0.29, 0.717) is 41.5 Å². The molecule has 1 aliphatic carbocycles. The Labute approximate surface area is 172 Å². The number of ether oxygens (including phenoxy) is 1. The van der Waals surface area contributed by atoms with Gasteiger partial charge < -0.3 is 15.4 Å². The topological polar surface area (TPSA) is 126 Å². The van der Waals surface area contributed by atoms with Crippen LogP contribution in [0.25, 0.3) is 11.3 Å². The van der Waals surface area contributed by atoms with Gasteiger partial charge >= 0.3 is 0 Å². The number of hydrogen-bond donors (Lipinski definition) is 2. The molecular formula is C21H21N5O4. The summed E-state index contributed by atoms with van der Waals surface area (Å²) in [4.78, 5) is 41.6. The monoisotopic (exact) mass is 407 g/mol. The molecule has 4 rings (SSSR count). The van der Waals surface area contributed by atoms with Crippen LogP contribution < -0.4 is 16.2 Å². The first-order valence-corrected chi connectivity index (χ1v) is 9.75. The number of aromatic nitrogens is 2. The number of aryl methyl sites for hydroxylation is 1. The molecule has 0 unspecified atom stereocenters. The minimum absolute atomic E-state index is 0.00846. The van der Waals surface area contributed by atoms with Crippen molar-refractivity contribution in [2.75, 3.05) is 18.5 Å². The molecule has 1 saturated heterocycles. The normalized spacial score (nSPS) is 15.7. The summed E-state index contributed by atoms with van der Waals surface area (Å²) in [6.45, 7) is 2.47. The van der Waals surface area contributed by atoms with Crippen LogP contribution in [0.4, 0.5) is 5.69 Å². The highest BCUT2D eigenvalue weighted by Crippen LogP contribution is 2.33. The summed E-state index contributed by atoms with van der Waals surface area (Å²) in [6.07, 6.45) is 1.70. The Morgan fingerprint density at radius 3 is 2.67 bits per heavy atom. The van der Waals surface area contributed by atoms with Gasteiger partial charge in [-0.25, -0.2) is 4.98 Å². The zero-order chi connectivity index (χ0) is 21.3. The van der Waals surface area contributed by atoms with Crippen LogP contribution in [0.15, 0.2) is 29.1 Å². The lowest BCUT2D eigenvalue weighted by Gasteiger charge is -2.27. The van der Waals surface area contributed by atoms with Crippen molar-refractivity contribution < 1.29 is 14.3 Å². The lowest BCUT2D eigenvalue weighted by molar-refractivity contribution is -0.126. The molecule has 9 heteroatoms. The number of hydrogen-bond acceptors (Lipinski definition) is 6. The second kappa shape index (κ2) is 8.08. The van der Waals surface area contributed by atoms with Crippen LogP contribution in [0.2, 0.25) is 0 Å². The molecule has 1 aromatic carbocycles. The third-order valence-electron chi connectivity index (χ3n) is 5.13. The molecule has 0 spiro atoms. The van der Waals surface area contributed by atoms with Crippen LogP contribution in [-0.4, -0.2) is 40.6 Å². The molecule has 2 aliphatic rings. The SMILES string of the molecule is Cc1nc(-c2ccc(C#N)cc2NC(=O)C2CC2)cc(=O)n1CC(=O)NC1COC1. The smallest absolute Gasteiger partial charge is 0.254 e. The molecule has 2 N–H and O–H groups in total. The lowest BCUT2D eigenvalue weighted by atomic mass is 10.1. The van der Waals surface area contributed by atoms with Gasteiger partial charge in [-0.15, -0.1) is 0 Å². The van der Waals surface area contributed by atoms with Gasteiger partial charge in [0.15, 0.2) is 0 Å². The summed E-state index contributed by atoms with van der Waals surface area (Å²) in [7, 11) is 0. The van der Waals surface area contributed by atoms with Crippen molar-refractivity contribution in [1.82, 2.24) is 14.9 Å². The van der Waals surface area contributed by atoms with Gasteiger partial charge in [0, 0.05) is 17.5 Å². The summed E-state index contributed by atoms with van der Waals surface area (Å²) in [5.41, 5.74) is 1.38. The van der Waals surface area contributed by atoms with Gasteiger partial charge in [-0.2, -0.15) is 5.26 Å². The average molecular weight is 407 g/mol. The minimum atomic E-state index is -0.374. The van der Waals surface area contributed by atoms with E-state index in [2.05, 4.69) is 21.7 Å². The van der Waals surface area contributed by atoms with Gasteiger partial charge in [0.2, 0.25) is 11.8 Å². The van der Waals surface area contributed by atoms with Crippen LogP contribution in [0.3, 0.4) is 0 Å². The Hall–Kier alpha value is -3.51. The van der Waals surface area contributed by atoms with Crippen LogP contribution in [0.1, 0.15) is 24.2 Å². The summed E-state index contributed by atoms with van der Waals surface area (Å²) < 4.78 is 6.32. The molecule has 0 radical (unpaired) electrons. The highest BCUT2D eigenvalue weighted by atomic mass is 16.5. The van der Waals surface area contributed by atoms with Crippen molar-refractivity contribution in [3.05, 3.63) is 46.0 Å². The number of benzene rings is 1. The summed E-state index contributed by atoms with van der Waals surface area (Å²) >= 11 is 0. The van der Waals surface area contributed by atoms with E-state index in [-0.39, 0.29) is 35.9 Å². The zero-order valence-electron chi connectivity index (χ0n) is 16.5. The molecule has 2 amide bonds. The van der Waals surface area contributed by atoms with Gasteiger partial charge in [0.1, 0.15) is 12.4 Å². The first-order chi connectivity index (χ1) is 14.4. The maximum absolute atomic E-state index is 12.7. The van der Waals surface area contributed by atoms with Crippen LogP contribution in [-0.2, 0) is 20.9 Å². The Bertz CT molecular complexity index is 1110. The molecule has 1 aromatic heterocycles. The molecule has 9 nitrogen and oxygen atoms in total. The van der Waals surface area contributed by atoms with Gasteiger partial charge in [-0.3, -0.25) is 19.0 Å². The van der Waals surface area contributed by atoms with Crippen molar-refractivity contribution in [1.29, 1.82) is 5.26 Å². The largest absolute Gasteiger partial charge is 0.377 e. The number of carbonyl (C=O) groups excluding carboxylic acids is 2. The zero-order valence-corrected chi connectivity index (χ0v) is 16.5. The number of nitrogens with one attached hydrogen (secondary N) is 2. The average Bonchev–Trinajstić information content (AvgIpc) is 3.53. The second-order valence-corrected chi connectivity index (χ2v) is 7.55. The number of rotatable bonds is 6. The highest BCUT2D eigenvalue weighted by Gasteiger charge is 2.30. The van der Waals surface area contributed by atoms with Gasteiger partial charge in [0.25, 0.3) is 5.56 Å². The Balaban J connectivity index is 1.62. The lowest BCUT2D eigenvalue weighted by Crippen LogP contribution is -2.50. The number of nitriles is 1. The molecule has 0 bridgehead atoms. The van der Waals surface area contributed by atoms with Crippen molar-refractivity contribution in [3.8, 4) is 17.3 Å². The van der Waals surface area contributed by atoms with E-state index in [1.54, 1.807) is 25.1 Å². The van der Waals surface area contributed by atoms with Crippen molar-refractivity contribution in [2.45, 2.75) is 32.4 Å². The fourth-order valence-corrected chi connectivity index (χ4v) is 3.21. The first-order valence-electron chi connectivity index (χ1n) is 9.75. The predicted octanol–water partition coefficient (Wildman–Crippen LogP) is 0.954. The van der Waals surface area contributed by atoms with E-state index in [1.165, 1.54) is 10.6 Å². The van der Waals surface area contributed by atoms with E-state index in [4.69, 9.17) is 4.74 Å². The van der Waals surface area contributed by atoms with Crippen LogP contribution >= 0.6 is 0 Å². The minimum Gasteiger partial charge on any atom is -0.377 e. The van der Waals surface area contributed by atoms with Gasteiger partial charge in [-0.05, 0) is 38.0 Å². The number of nitrogens with zero attached hydrogens (tertiary/aromatic N) is 3. The van der Waals surface area contributed by atoms with E-state index < -0.39 is 0 Å². The van der Waals surface area contributed by atoms with Crippen molar-refractivity contribution in [3.63, 3.8) is 0 Å². The molecule has 2 fully saturated rings. The highest BCUT2D eigenvalue weighted by molar-refractivity contribution is 5.97. The predicted molar refractivity (Wildman–Crippen MR) is 107 cm³/mol. The fourth-order valence-electron chi connectivity index (χ4n) is 3.21. The molecule has 2 heterocycles. The molecule has 0 atom stereocenters. The van der Waals surface area contributed by atoms with E-state index in [1.807, 2.05) is 0 Å². The van der Waals surface area contributed by atoms with E-state index in [9.17, 15) is 19.6 Å². The maximum atomic E-state index is 12.7. The third-order valence-corrected chi connectivity index (χ3v) is 5.13. The summed E-state index contributed by atoms with van der Waals surface area (Å²) in [5, 5.41) is 14.8. The second-order valence-electron chi connectivity index (χ2n) is 7.55. The number of anilines is 1. The Morgan fingerprint density at radius 2 is 2.07 bits per heavy atom. The van der Waals surface area contributed by atoms with Crippen molar-refractivity contribution >= 4 is 17.5 Å². The number of carbonyl (C=O) groups is 2. The van der Waals surface area contributed by atoms with Gasteiger partial charge in [-0.1, -0.05) is 0 Å². The quantitative estimate of drug-likeness (QED) is 0.734. The van der Waals surface area contributed by atoms with E-state index in [0.717, 1.165) is 12.8 Å². The third kappa shape index (κ3) is 4.23. The number of amides is 2. The standard InChI is InChI=1S/C21H21N5O4/c1-12-23-18(7-20(28)26(12)9-19(27)24-15-10-30-11-15)16-5-2-13(8-22)6-17(16)25-21(29)14-3-4-14/h2,5-7,14-15H,3-4,9-11H2,1H3,(H,24,27)(H,25,29). The first kappa shape index (κ1) is 19.8. The van der Waals surface area contributed by atoms with E-state index >= 15 is 0 Å². The molecule has 1 saturated carbocycles. The van der Waals surface area contributed by atoms with Gasteiger partial charge in [0.05, 0.1) is 42.3 Å². The molecule has 30 heavy (non-hydrogen) atoms. The Morgan fingerprint density at radius 1 is 1.30 bits per heavy atom. The summed E-state index contributed by atoms with van der Waals surface area (Å²) in [5.74, 6) is -0.0148. The molecule has 2 aromatic rings. The molecule has 1 aliphatic heterocycles. The Kier molecular flexibility index (Phi) is 5.33. The van der Waals surface area contributed by atoms with Crippen LogP contribution in [0, 0.1) is 24.2 Å². The molecule has 154 valence electrons. The molecular weight excluding hydrogens is 386 g/mol. The van der Waals surface area contributed by atoms with Crippen molar-refractivity contribution in [2.24, 2.45) is 5.92 Å². The summed E-state index contributed by atoms with van der Waals surface area (Å²) in [6, 6.07) is 8.22. The maximum Gasteiger partial charge on any atom is 0.254 e. The van der Waals surface area contributed by atoms with Crippen LogP contribution in [0.5, 0.6) is 0 Å². The fraction of sp³-hybridized carbons (Fsp3) is 0.381.